The maximum Gasteiger partial charge on any atom is 0.326 e. The molecule has 3 aromatic rings. The lowest BCUT2D eigenvalue weighted by Crippen LogP contribution is -2.42. The highest BCUT2D eigenvalue weighted by atomic mass is 16.4. The number of para-hydroxylation sites is 1. The fraction of sp³-hybridized carbons (Fsp3) is 0.143. The van der Waals surface area contributed by atoms with Crippen molar-refractivity contribution in [2.75, 3.05) is 0 Å². The molecular weight excluding hydrogens is 328 g/mol. The highest BCUT2D eigenvalue weighted by Crippen LogP contribution is 2.19. The maximum absolute atomic E-state index is 12.4. The van der Waals surface area contributed by atoms with Crippen molar-refractivity contribution in [1.82, 2.24) is 10.3 Å². The lowest BCUT2D eigenvalue weighted by Gasteiger charge is -2.14. The van der Waals surface area contributed by atoms with Crippen molar-refractivity contribution in [2.45, 2.75) is 19.4 Å². The lowest BCUT2D eigenvalue weighted by molar-refractivity contribution is -0.141. The van der Waals surface area contributed by atoms with Crippen LogP contribution in [-0.4, -0.2) is 28.0 Å². The van der Waals surface area contributed by atoms with Gasteiger partial charge in [-0.25, -0.2) is 4.79 Å². The van der Waals surface area contributed by atoms with Crippen molar-refractivity contribution in [3.63, 3.8) is 0 Å². The minimum Gasteiger partial charge on any atom is -0.480 e. The van der Waals surface area contributed by atoms with Crippen LogP contribution in [0.3, 0.4) is 0 Å². The van der Waals surface area contributed by atoms with E-state index >= 15 is 0 Å². The Balaban J connectivity index is 1.75. The molecule has 0 aliphatic carbocycles. The van der Waals surface area contributed by atoms with Gasteiger partial charge in [0.15, 0.2) is 0 Å². The zero-order valence-electron chi connectivity index (χ0n) is 14.4. The first-order valence-electron chi connectivity index (χ1n) is 8.36. The van der Waals surface area contributed by atoms with Crippen molar-refractivity contribution in [1.29, 1.82) is 0 Å². The molecule has 0 unspecified atom stereocenters. The van der Waals surface area contributed by atoms with Crippen LogP contribution in [0.1, 0.15) is 18.1 Å². The topological polar surface area (TPSA) is 82.2 Å². The van der Waals surface area contributed by atoms with Gasteiger partial charge in [0.1, 0.15) is 6.04 Å². The van der Waals surface area contributed by atoms with E-state index in [9.17, 15) is 14.7 Å². The number of aromatic nitrogens is 1. The Labute approximate surface area is 151 Å². The molecule has 1 atom stereocenters. The van der Waals surface area contributed by atoms with E-state index in [4.69, 9.17) is 0 Å². The molecule has 0 fully saturated rings. The SMILES string of the molecule is CC(=Cc1ccccc1)C(=O)N[C@@H](Cc1c[nH]c2ccccc12)C(=O)O. The average molecular weight is 348 g/mol. The minimum absolute atomic E-state index is 0.212. The number of nitrogens with one attached hydrogen (secondary N) is 2. The van der Waals surface area contributed by atoms with Gasteiger partial charge >= 0.3 is 5.97 Å². The van der Waals surface area contributed by atoms with Crippen molar-refractivity contribution in [3.8, 4) is 0 Å². The predicted molar refractivity (Wildman–Crippen MR) is 102 cm³/mol. The number of rotatable bonds is 6. The van der Waals surface area contributed by atoms with Crippen LogP contribution in [0.4, 0.5) is 0 Å². The summed E-state index contributed by atoms with van der Waals surface area (Å²) in [4.78, 5) is 27.2. The van der Waals surface area contributed by atoms with Crippen LogP contribution in [0.2, 0.25) is 0 Å². The Morgan fingerprint density at radius 2 is 1.81 bits per heavy atom. The molecule has 0 aliphatic heterocycles. The van der Waals surface area contributed by atoms with Crippen LogP contribution in [0.15, 0.2) is 66.4 Å². The summed E-state index contributed by atoms with van der Waals surface area (Å²) in [6.07, 6.45) is 3.74. The van der Waals surface area contributed by atoms with Gasteiger partial charge in [-0.3, -0.25) is 4.79 Å². The zero-order valence-corrected chi connectivity index (χ0v) is 14.4. The first kappa shape index (κ1) is 17.5. The molecule has 132 valence electrons. The molecule has 0 bridgehead atoms. The van der Waals surface area contributed by atoms with Gasteiger partial charge < -0.3 is 15.4 Å². The summed E-state index contributed by atoms with van der Waals surface area (Å²) in [6.45, 7) is 1.67. The van der Waals surface area contributed by atoms with Gasteiger partial charge in [0.2, 0.25) is 5.91 Å². The third-order valence-electron chi connectivity index (χ3n) is 4.24. The number of carbonyl (C=O) groups excluding carboxylic acids is 1. The van der Waals surface area contributed by atoms with Crippen molar-refractivity contribution < 1.29 is 14.7 Å². The fourth-order valence-corrected chi connectivity index (χ4v) is 2.86. The van der Waals surface area contributed by atoms with E-state index in [0.29, 0.717) is 5.57 Å². The van der Waals surface area contributed by atoms with E-state index in [0.717, 1.165) is 22.0 Å². The molecule has 5 nitrogen and oxygen atoms in total. The first-order chi connectivity index (χ1) is 12.5. The van der Waals surface area contributed by atoms with Gasteiger partial charge in [-0.05, 0) is 30.2 Å². The Kier molecular flexibility index (Phi) is 5.17. The van der Waals surface area contributed by atoms with Gasteiger partial charge in [-0.1, -0.05) is 48.5 Å². The van der Waals surface area contributed by atoms with Crippen LogP contribution in [-0.2, 0) is 16.0 Å². The second-order valence-corrected chi connectivity index (χ2v) is 6.17. The number of aromatic amines is 1. The Morgan fingerprint density at radius 3 is 2.54 bits per heavy atom. The number of carboxylic acid groups (broad SMARTS) is 1. The zero-order chi connectivity index (χ0) is 18.5. The molecule has 0 aliphatic rings. The summed E-state index contributed by atoms with van der Waals surface area (Å²) in [7, 11) is 0. The lowest BCUT2D eigenvalue weighted by atomic mass is 10.0. The molecule has 0 saturated heterocycles. The summed E-state index contributed by atoms with van der Waals surface area (Å²) in [5.74, 6) is -1.45. The second-order valence-electron chi connectivity index (χ2n) is 6.17. The molecule has 1 amide bonds. The minimum atomic E-state index is -1.06. The number of hydrogen-bond donors (Lipinski definition) is 3. The number of benzene rings is 2. The molecule has 0 saturated carbocycles. The van der Waals surface area contributed by atoms with Gasteiger partial charge in [0.05, 0.1) is 0 Å². The van der Waals surface area contributed by atoms with Gasteiger partial charge in [0, 0.05) is 29.1 Å². The molecule has 0 spiro atoms. The van der Waals surface area contributed by atoms with Gasteiger partial charge in [-0.2, -0.15) is 0 Å². The molecule has 5 heteroatoms. The standard InChI is InChI=1S/C21H20N2O3/c1-14(11-15-7-3-2-4-8-15)20(24)23-19(21(25)26)12-16-13-22-18-10-6-5-9-17(16)18/h2-11,13,19,22H,12H2,1H3,(H,23,24)(H,25,26)/t19-/m0/s1. The molecule has 1 heterocycles. The largest absolute Gasteiger partial charge is 0.480 e. The third kappa shape index (κ3) is 4.00. The number of hydrogen-bond acceptors (Lipinski definition) is 2. The summed E-state index contributed by atoms with van der Waals surface area (Å²) >= 11 is 0. The predicted octanol–water partition coefficient (Wildman–Crippen LogP) is 3.38. The van der Waals surface area contributed by atoms with Crippen molar-refractivity contribution in [3.05, 3.63) is 77.5 Å². The highest BCUT2D eigenvalue weighted by molar-refractivity contribution is 5.99. The molecule has 1 aromatic heterocycles. The number of aliphatic carboxylic acids is 1. The quantitative estimate of drug-likeness (QED) is 0.597. The Bertz CT molecular complexity index is 958. The van der Waals surface area contributed by atoms with Crippen LogP contribution < -0.4 is 5.32 Å². The smallest absolute Gasteiger partial charge is 0.326 e. The average Bonchev–Trinajstić information content (AvgIpc) is 3.05. The van der Waals surface area contributed by atoms with E-state index in [-0.39, 0.29) is 12.3 Å². The number of H-pyrrole nitrogens is 1. The second kappa shape index (κ2) is 7.70. The van der Waals surface area contributed by atoms with E-state index in [1.807, 2.05) is 54.6 Å². The van der Waals surface area contributed by atoms with E-state index in [2.05, 4.69) is 10.3 Å². The molecule has 0 radical (unpaired) electrons. The number of fused-ring (bicyclic) bond motifs is 1. The van der Waals surface area contributed by atoms with Crippen LogP contribution >= 0.6 is 0 Å². The summed E-state index contributed by atoms with van der Waals surface area (Å²) in [6, 6.07) is 16.1. The number of amides is 1. The van der Waals surface area contributed by atoms with Gasteiger partial charge in [-0.15, -0.1) is 0 Å². The number of carbonyl (C=O) groups is 2. The fourth-order valence-electron chi connectivity index (χ4n) is 2.86. The first-order valence-corrected chi connectivity index (χ1v) is 8.36. The molecule has 3 rings (SSSR count). The highest BCUT2D eigenvalue weighted by Gasteiger charge is 2.22. The van der Waals surface area contributed by atoms with Crippen LogP contribution in [0.5, 0.6) is 0 Å². The molecule has 3 N–H and O–H groups in total. The van der Waals surface area contributed by atoms with E-state index in [1.165, 1.54) is 0 Å². The monoisotopic (exact) mass is 348 g/mol. The third-order valence-corrected chi connectivity index (χ3v) is 4.24. The van der Waals surface area contributed by atoms with Crippen LogP contribution in [0.25, 0.3) is 17.0 Å². The summed E-state index contributed by atoms with van der Waals surface area (Å²) in [5, 5.41) is 13.1. The normalized spacial score (nSPS) is 12.7. The van der Waals surface area contributed by atoms with E-state index in [1.54, 1.807) is 19.2 Å². The van der Waals surface area contributed by atoms with Crippen LogP contribution in [0, 0.1) is 0 Å². The number of carboxylic acids is 1. The van der Waals surface area contributed by atoms with Crippen molar-refractivity contribution >= 4 is 28.9 Å². The summed E-state index contributed by atoms with van der Waals surface area (Å²) < 4.78 is 0. The summed E-state index contributed by atoms with van der Waals surface area (Å²) in [5.41, 5.74) is 3.15. The molecule has 2 aromatic carbocycles. The molecular formula is C21H20N2O3. The Morgan fingerprint density at radius 1 is 1.12 bits per heavy atom. The van der Waals surface area contributed by atoms with Gasteiger partial charge in [0.25, 0.3) is 0 Å². The molecule has 26 heavy (non-hydrogen) atoms. The Hall–Kier alpha value is -3.34. The van der Waals surface area contributed by atoms with Crippen molar-refractivity contribution in [2.24, 2.45) is 0 Å². The van der Waals surface area contributed by atoms with E-state index < -0.39 is 12.0 Å². The maximum atomic E-state index is 12.4.